The van der Waals surface area contributed by atoms with E-state index in [1.54, 1.807) is 0 Å². The van der Waals surface area contributed by atoms with Crippen LogP contribution in [-0.2, 0) is 0 Å². The zero-order chi connectivity index (χ0) is 26.8. The van der Waals surface area contributed by atoms with Gasteiger partial charge in [-0.2, -0.15) is 0 Å². The molecule has 0 saturated carbocycles. The van der Waals surface area contributed by atoms with E-state index in [9.17, 15) is 0 Å². The first-order chi connectivity index (χ1) is 19.7. The van der Waals surface area contributed by atoms with Crippen molar-refractivity contribution < 1.29 is 0 Å². The Kier molecular flexibility index (Phi) is 4.79. The Bertz CT molecular complexity index is 2050. The first-order valence-corrected chi connectivity index (χ1v) is 13.4. The summed E-state index contributed by atoms with van der Waals surface area (Å²) in [6, 6.07) is 46.9. The van der Waals surface area contributed by atoms with Gasteiger partial charge in [-0.15, -0.1) is 0 Å². The second-order valence-electron chi connectivity index (χ2n) is 10.4. The van der Waals surface area contributed by atoms with E-state index in [0.717, 1.165) is 33.8 Å². The summed E-state index contributed by atoms with van der Waals surface area (Å²) in [5.41, 5.74) is 23.1. The molecule has 4 nitrogen and oxygen atoms in total. The molecule has 0 aliphatic rings. The van der Waals surface area contributed by atoms with Gasteiger partial charge in [0, 0.05) is 44.3 Å². The fourth-order valence-corrected chi connectivity index (χ4v) is 6.14. The van der Waals surface area contributed by atoms with Gasteiger partial charge in [0.1, 0.15) is 0 Å². The van der Waals surface area contributed by atoms with Crippen molar-refractivity contribution in [3.8, 4) is 22.5 Å². The molecule has 190 valence electrons. The lowest BCUT2D eigenvalue weighted by Crippen LogP contribution is -1.95. The molecule has 0 spiro atoms. The van der Waals surface area contributed by atoms with Crippen molar-refractivity contribution in [3.05, 3.63) is 133 Å². The zero-order valence-corrected chi connectivity index (χ0v) is 21.8. The molecule has 0 amide bonds. The Morgan fingerprint density at radius 1 is 0.350 bits per heavy atom. The summed E-state index contributed by atoms with van der Waals surface area (Å²) in [7, 11) is 0. The van der Waals surface area contributed by atoms with Crippen LogP contribution in [0.4, 0.5) is 11.4 Å². The van der Waals surface area contributed by atoms with Crippen molar-refractivity contribution in [2.45, 2.75) is 0 Å². The van der Waals surface area contributed by atoms with Crippen molar-refractivity contribution in [2.24, 2.45) is 0 Å². The number of nitrogens with two attached hydrogens (primary N) is 2. The highest BCUT2D eigenvalue weighted by atomic mass is 15.0. The fraction of sp³-hybridized carbons (Fsp3) is 0. The van der Waals surface area contributed by atoms with Crippen LogP contribution in [0.25, 0.3) is 66.1 Å². The van der Waals surface area contributed by atoms with E-state index in [0.29, 0.717) is 0 Å². The van der Waals surface area contributed by atoms with Gasteiger partial charge < -0.3 is 20.6 Å². The van der Waals surface area contributed by atoms with Gasteiger partial charge in [-0.25, -0.2) is 0 Å². The van der Waals surface area contributed by atoms with Crippen LogP contribution in [0, 0.1) is 0 Å². The number of nitrogens with zero attached hydrogens (tertiary/aromatic N) is 2. The van der Waals surface area contributed by atoms with Crippen molar-refractivity contribution in [3.63, 3.8) is 0 Å². The van der Waals surface area contributed by atoms with Crippen LogP contribution in [0.2, 0.25) is 0 Å². The molecule has 0 saturated heterocycles. The SMILES string of the molecule is Nc1ccc2c(c1)c1ccccc1n2-c1ccc(-c2ccc(-n3c4ccccc4c4cc(N)ccc43)cc2)cc1. The molecule has 0 fully saturated rings. The Labute approximate surface area is 231 Å². The first kappa shape index (κ1) is 22.5. The summed E-state index contributed by atoms with van der Waals surface area (Å²) in [4.78, 5) is 0. The molecule has 0 aliphatic heterocycles. The summed E-state index contributed by atoms with van der Waals surface area (Å²) in [6.07, 6.45) is 0. The normalized spacial score (nSPS) is 11.7. The van der Waals surface area contributed by atoms with Gasteiger partial charge in [-0.3, -0.25) is 0 Å². The number of hydrogen-bond donors (Lipinski definition) is 2. The maximum atomic E-state index is 6.13. The number of fused-ring (bicyclic) bond motifs is 6. The van der Waals surface area contributed by atoms with Crippen LogP contribution in [0.3, 0.4) is 0 Å². The summed E-state index contributed by atoms with van der Waals surface area (Å²) >= 11 is 0. The number of benzene rings is 6. The molecule has 4 heteroatoms. The van der Waals surface area contributed by atoms with E-state index >= 15 is 0 Å². The standard InChI is InChI=1S/C36H26N4/c37-25-13-19-35-31(21-25)29-5-1-3-7-33(29)39(35)27-15-9-23(10-16-27)24-11-17-28(18-12-24)40-34-8-4-2-6-30(34)32-22-26(38)14-20-36(32)40/h1-22H,37-38H2. The number of aromatic nitrogens is 2. The average Bonchev–Trinajstić information content (AvgIpc) is 3.50. The summed E-state index contributed by atoms with van der Waals surface area (Å²) < 4.78 is 4.62. The van der Waals surface area contributed by atoms with E-state index in [4.69, 9.17) is 11.5 Å². The molecule has 0 unspecified atom stereocenters. The highest BCUT2D eigenvalue weighted by Crippen LogP contribution is 2.35. The predicted molar refractivity (Wildman–Crippen MR) is 169 cm³/mol. The quantitative estimate of drug-likeness (QED) is 0.232. The van der Waals surface area contributed by atoms with E-state index < -0.39 is 0 Å². The minimum Gasteiger partial charge on any atom is -0.399 e. The molecule has 0 aliphatic carbocycles. The Morgan fingerprint density at radius 2 is 0.725 bits per heavy atom. The first-order valence-electron chi connectivity index (χ1n) is 13.4. The van der Waals surface area contributed by atoms with Gasteiger partial charge >= 0.3 is 0 Å². The average molecular weight is 515 g/mol. The van der Waals surface area contributed by atoms with E-state index in [1.807, 2.05) is 12.1 Å². The van der Waals surface area contributed by atoms with Crippen LogP contribution >= 0.6 is 0 Å². The number of anilines is 2. The molecule has 8 aromatic rings. The molecular formula is C36H26N4. The molecule has 2 aromatic heterocycles. The smallest absolute Gasteiger partial charge is 0.0542 e. The molecule has 0 atom stereocenters. The molecule has 8 rings (SSSR count). The third-order valence-corrected chi connectivity index (χ3v) is 7.98. The van der Waals surface area contributed by atoms with Gasteiger partial charge in [0.15, 0.2) is 0 Å². The van der Waals surface area contributed by atoms with Crippen molar-refractivity contribution in [1.29, 1.82) is 0 Å². The fourth-order valence-electron chi connectivity index (χ4n) is 6.14. The van der Waals surface area contributed by atoms with Gasteiger partial charge in [0.2, 0.25) is 0 Å². The van der Waals surface area contributed by atoms with Gasteiger partial charge in [-0.05, 0) is 83.9 Å². The minimum atomic E-state index is 0.777. The Balaban J connectivity index is 1.19. The Hall–Kier alpha value is -5.48. The van der Waals surface area contributed by atoms with Gasteiger partial charge in [-0.1, -0.05) is 60.7 Å². The number of rotatable bonds is 3. The summed E-state index contributed by atoms with van der Waals surface area (Å²) in [6.45, 7) is 0. The summed E-state index contributed by atoms with van der Waals surface area (Å²) in [5.74, 6) is 0. The largest absolute Gasteiger partial charge is 0.399 e. The second kappa shape index (κ2) is 8.52. The molecule has 2 heterocycles. The molecule has 40 heavy (non-hydrogen) atoms. The lowest BCUT2D eigenvalue weighted by molar-refractivity contribution is 1.18. The number of para-hydroxylation sites is 2. The van der Waals surface area contributed by atoms with Crippen LogP contribution in [0.15, 0.2) is 133 Å². The van der Waals surface area contributed by atoms with Gasteiger partial charge in [0.25, 0.3) is 0 Å². The molecular weight excluding hydrogens is 488 g/mol. The molecule has 4 N–H and O–H groups in total. The third kappa shape index (κ3) is 3.33. The van der Waals surface area contributed by atoms with E-state index in [-0.39, 0.29) is 0 Å². The maximum absolute atomic E-state index is 6.13. The maximum Gasteiger partial charge on any atom is 0.0542 e. The second-order valence-corrected chi connectivity index (χ2v) is 10.4. The topological polar surface area (TPSA) is 61.9 Å². The van der Waals surface area contributed by atoms with Crippen molar-refractivity contribution in [1.82, 2.24) is 9.13 Å². The predicted octanol–water partition coefficient (Wildman–Crippen LogP) is 8.71. The molecule has 0 bridgehead atoms. The van der Waals surface area contributed by atoms with Crippen LogP contribution in [0.5, 0.6) is 0 Å². The zero-order valence-electron chi connectivity index (χ0n) is 21.8. The summed E-state index contributed by atoms with van der Waals surface area (Å²) in [5, 5.41) is 4.75. The third-order valence-electron chi connectivity index (χ3n) is 7.98. The number of nitrogen functional groups attached to an aromatic ring is 2. The lowest BCUT2D eigenvalue weighted by atomic mass is 10.0. The van der Waals surface area contributed by atoms with E-state index in [2.05, 4.69) is 130 Å². The molecule has 0 radical (unpaired) electrons. The highest BCUT2D eigenvalue weighted by Gasteiger charge is 2.14. The van der Waals surface area contributed by atoms with Crippen LogP contribution in [-0.4, -0.2) is 9.13 Å². The lowest BCUT2D eigenvalue weighted by Gasteiger charge is -2.11. The highest BCUT2D eigenvalue weighted by molar-refractivity contribution is 6.11. The van der Waals surface area contributed by atoms with Crippen molar-refractivity contribution in [2.75, 3.05) is 11.5 Å². The van der Waals surface area contributed by atoms with Gasteiger partial charge in [0.05, 0.1) is 22.1 Å². The Morgan fingerprint density at radius 3 is 1.15 bits per heavy atom. The van der Waals surface area contributed by atoms with E-state index in [1.165, 1.54) is 43.7 Å². The molecule has 6 aromatic carbocycles. The van der Waals surface area contributed by atoms with Crippen LogP contribution in [0.1, 0.15) is 0 Å². The minimum absolute atomic E-state index is 0.777. The van der Waals surface area contributed by atoms with Crippen molar-refractivity contribution >= 4 is 55.0 Å². The van der Waals surface area contributed by atoms with Crippen LogP contribution < -0.4 is 11.5 Å². The monoisotopic (exact) mass is 514 g/mol. The number of hydrogen-bond acceptors (Lipinski definition) is 2.